The van der Waals surface area contributed by atoms with E-state index in [0.717, 1.165) is 49.3 Å². The molecule has 0 unspecified atom stereocenters. The van der Waals surface area contributed by atoms with Crippen LogP contribution in [0.5, 0.6) is 0 Å². The molecule has 0 amide bonds. The second-order valence-electron chi connectivity index (χ2n) is 7.84. The molecule has 1 aliphatic heterocycles. The maximum Gasteiger partial charge on any atom is 0.303 e. The lowest BCUT2D eigenvalue weighted by molar-refractivity contribution is -0.139. The van der Waals surface area contributed by atoms with Crippen LogP contribution in [0.25, 0.3) is 11.0 Å². The molecule has 5 nitrogen and oxygen atoms in total. The highest BCUT2D eigenvalue weighted by atomic mass is 16.4. The number of fused-ring (bicyclic) bond motifs is 1. The topological polar surface area (TPSA) is 58.4 Å². The standard InChI is InChI=1S/C20H29N3O2/c1-14(2)12-23-9-8-15(11-20(24)25)16(13-23)10-19-21-17-6-4-5-7-18(17)22(19)3/h4-7,14-16H,8-13H2,1-3H3,(H,24,25)/t15-,16-/m0/s1. The molecule has 1 aromatic heterocycles. The normalized spacial score (nSPS) is 21.9. The lowest BCUT2D eigenvalue weighted by Gasteiger charge is -2.38. The van der Waals surface area contributed by atoms with Crippen molar-refractivity contribution in [1.82, 2.24) is 14.5 Å². The molecule has 1 aromatic carbocycles. The summed E-state index contributed by atoms with van der Waals surface area (Å²) >= 11 is 0. The minimum atomic E-state index is -0.683. The predicted molar refractivity (Wildman–Crippen MR) is 99.5 cm³/mol. The zero-order chi connectivity index (χ0) is 18.0. The van der Waals surface area contributed by atoms with Crippen LogP contribution in [0.1, 0.15) is 32.5 Å². The van der Waals surface area contributed by atoms with Crippen molar-refractivity contribution in [3.8, 4) is 0 Å². The number of aromatic nitrogens is 2. The van der Waals surface area contributed by atoms with Crippen LogP contribution in [0, 0.1) is 17.8 Å². The Labute approximate surface area is 149 Å². The van der Waals surface area contributed by atoms with Crippen LogP contribution < -0.4 is 0 Å². The van der Waals surface area contributed by atoms with Crippen molar-refractivity contribution >= 4 is 17.0 Å². The molecule has 0 radical (unpaired) electrons. The lowest BCUT2D eigenvalue weighted by Crippen LogP contribution is -2.43. The molecule has 3 rings (SSSR count). The van der Waals surface area contributed by atoms with Crippen molar-refractivity contribution in [1.29, 1.82) is 0 Å². The van der Waals surface area contributed by atoms with E-state index in [-0.39, 0.29) is 12.3 Å². The number of carbonyl (C=O) groups is 1. The number of aliphatic carboxylic acids is 1. The Balaban J connectivity index is 1.80. The largest absolute Gasteiger partial charge is 0.481 e. The second-order valence-corrected chi connectivity index (χ2v) is 7.84. The molecule has 136 valence electrons. The third-order valence-corrected chi connectivity index (χ3v) is 5.36. The molecule has 25 heavy (non-hydrogen) atoms. The van der Waals surface area contributed by atoms with Gasteiger partial charge in [0, 0.05) is 33.0 Å². The van der Waals surface area contributed by atoms with Gasteiger partial charge in [-0.25, -0.2) is 4.98 Å². The smallest absolute Gasteiger partial charge is 0.303 e. The Morgan fingerprint density at radius 3 is 2.76 bits per heavy atom. The van der Waals surface area contributed by atoms with Crippen molar-refractivity contribution in [2.24, 2.45) is 24.8 Å². The maximum absolute atomic E-state index is 11.3. The summed E-state index contributed by atoms with van der Waals surface area (Å²) in [6.45, 7) is 7.54. The highest BCUT2D eigenvalue weighted by molar-refractivity contribution is 5.75. The highest BCUT2D eigenvalue weighted by Crippen LogP contribution is 2.30. The number of nitrogens with zero attached hydrogens (tertiary/aromatic N) is 3. The van der Waals surface area contributed by atoms with E-state index < -0.39 is 5.97 Å². The van der Waals surface area contributed by atoms with Gasteiger partial charge in [0.1, 0.15) is 5.82 Å². The number of rotatable bonds is 6. The molecular weight excluding hydrogens is 314 g/mol. The second kappa shape index (κ2) is 7.56. The number of piperidine rings is 1. The molecule has 2 aromatic rings. The maximum atomic E-state index is 11.3. The summed E-state index contributed by atoms with van der Waals surface area (Å²) in [5, 5.41) is 9.30. The van der Waals surface area contributed by atoms with E-state index in [9.17, 15) is 9.90 Å². The number of hydrogen-bond acceptors (Lipinski definition) is 3. The van der Waals surface area contributed by atoms with Gasteiger partial charge < -0.3 is 14.6 Å². The zero-order valence-corrected chi connectivity index (χ0v) is 15.5. The van der Waals surface area contributed by atoms with Crippen molar-refractivity contribution < 1.29 is 9.90 Å². The SMILES string of the molecule is CC(C)CN1CC[C@@H](CC(=O)O)[C@@H](Cc2nc3ccccc3n2C)C1. The van der Waals surface area contributed by atoms with Crippen LogP contribution in [-0.4, -0.2) is 45.2 Å². The fourth-order valence-corrected chi connectivity index (χ4v) is 4.18. The van der Waals surface area contributed by atoms with E-state index in [4.69, 9.17) is 4.98 Å². The van der Waals surface area contributed by atoms with Gasteiger partial charge in [-0.1, -0.05) is 26.0 Å². The van der Waals surface area contributed by atoms with E-state index in [0.29, 0.717) is 11.8 Å². The fourth-order valence-electron chi connectivity index (χ4n) is 4.18. The van der Waals surface area contributed by atoms with E-state index in [1.807, 2.05) is 18.2 Å². The first-order chi connectivity index (χ1) is 11.9. The minimum absolute atomic E-state index is 0.237. The average molecular weight is 343 g/mol. The Kier molecular flexibility index (Phi) is 5.42. The molecule has 1 saturated heterocycles. The van der Waals surface area contributed by atoms with E-state index in [2.05, 4.69) is 36.4 Å². The molecule has 0 saturated carbocycles. The van der Waals surface area contributed by atoms with Gasteiger partial charge in [-0.3, -0.25) is 4.79 Å². The minimum Gasteiger partial charge on any atom is -0.481 e. The molecule has 1 fully saturated rings. The molecular formula is C20H29N3O2. The first-order valence-electron chi connectivity index (χ1n) is 9.28. The van der Waals surface area contributed by atoms with Gasteiger partial charge in [-0.15, -0.1) is 0 Å². The first kappa shape index (κ1) is 17.9. The third-order valence-electron chi connectivity index (χ3n) is 5.36. The van der Waals surface area contributed by atoms with Crippen molar-refractivity contribution in [3.05, 3.63) is 30.1 Å². The fraction of sp³-hybridized carbons (Fsp3) is 0.600. The summed E-state index contributed by atoms with van der Waals surface area (Å²) in [5.41, 5.74) is 2.16. The van der Waals surface area contributed by atoms with Crippen molar-refractivity contribution in [3.63, 3.8) is 0 Å². The summed E-state index contributed by atoms with van der Waals surface area (Å²) < 4.78 is 2.16. The van der Waals surface area contributed by atoms with Gasteiger partial charge in [-0.2, -0.15) is 0 Å². The summed E-state index contributed by atoms with van der Waals surface area (Å²) in [5.74, 6) is 1.59. The molecule has 0 aliphatic carbocycles. The van der Waals surface area contributed by atoms with Crippen LogP contribution >= 0.6 is 0 Å². The molecule has 2 heterocycles. The van der Waals surface area contributed by atoms with Crippen LogP contribution in [0.15, 0.2) is 24.3 Å². The number of carboxylic acids is 1. The molecule has 0 spiro atoms. The summed E-state index contributed by atoms with van der Waals surface area (Å²) in [6, 6.07) is 8.18. The number of benzene rings is 1. The van der Waals surface area contributed by atoms with Gasteiger partial charge in [-0.05, 0) is 42.9 Å². The van der Waals surface area contributed by atoms with Crippen LogP contribution in [0.4, 0.5) is 0 Å². The van der Waals surface area contributed by atoms with E-state index in [1.54, 1.807) is 0 Å². The molecule has 1 aliphatic rings. The quantitative estimate of drug-likeness (QED) is 0.875. The van der Waals surface area contributed by atoms with Gasteiger partial charge in [0.25, 0.3) is 0 Å². The number of imidazole rings is 1. The Hall–Kier alpha value is -1.88. The van der Waals surface area contributed by atoms with Crippen LogP contribution in [0.3, 0.4) is 0 Å². The Morgan fingerprint density at radius 2 is 2.08 bits per heavy atom. The average Bonchev–Trinajstić information content (AvgIpc) is 2.86. The zero-order valence-electron chi connectivity index (χ0n) is 15.5. The highest BCUT2D eigenvalue weighted by Gasteiger charge is 2.32. The Morgan fingerprint density at radius 1 is 1.32 bits per heavy atom. The number of likely N-dealkylation sites (tertiary alicyclic amines) is 1. The molecule has 0 bridgehead atoms. The van der Waals surface area contributed by atoms with Gasteiger partial charge in [0.2, 0.25) is 0 Å². The van der Waals surface area contributed by atoms with Crippen molar-refractivity contribution in [2.45, 2.75) is 33.1 Å². The third kappa shape index (κ3) is 4.21. The van der Waals surface area contributed by atoms with Crippen LogP contribution in [0.2, 0.25) is 0 Å². The molecule has 5 heteroatoms. The predicted octanol–water partition coefficient (Wildman–Crippen LogP) is 3.18. The Bertz CT molecular complexity index is 738. The van der Waals surface area contributed by atoms with E-state index >= 15 is 0 Å². The van der Waals surface area contributed by atoms with Gasteiger partial charge >= 0.3 is 5.97 Å². The number of carboxylic acid groups (broad SMARTS) is 1. The first-order valence-corrected chi connectivity index (χ1v) is 9.28. The van der Waals surface area contributed by atoms with Crippen LogP contribution in [-0.2, 0) is 18.3 Å². The lowest BCUT2D eigenvalue weighted by atomic mass is 9.80. The number of aryl methyl sites for hydroxylation is 1. The summed E-state index contributed by atoms with van der Waals surface area (Å²) in [4.78, 5) is 18.6. The molecule has 1 N–H and O–H groups in total. The number of hydrogen-bond donors (Lipinski definition) is 1. The monoisotopic (exact) mass is 343 g/mol. The summed E-state index contributed by atoms with van der Waals surface area (Å²) in [6.07, 6.45) is 2.08. The van der Waals surface area contributed by atoms with E-state index in [1.165, 1.54) is 0 Å². The molecule has 2 atom stereocenters. The van der Waals surface area contributed by atoms with Gasteiger partial charge in [0.15, 0.2) is 0 Å². The number of para-hydroxylation sites is 2. The summed E-state index contributed by atoms with van der Waals surface area (Å²) in [7, 11) is 2.06. The van der Waals surface area contributed by atoms with Crippen molar-refractivity contribution in [2.75, 3.05) is 19.6 Å². The van der Waals surface area contributed by atoms with Gasteiger partial charge in [0.05, 0.1) is 11.0 Å².